The van der Waals surface area contributed by atoms with Gasteiger partial charge in [-0.25, -0.2) is 0 Å². The van der Waals surface area contributed by atoms with Gasteiger partial charge in [0.05, 0.1) is 17.6 Å². The van der Waals surface area contributed by atoms with Crippen LogP contribution in [0.3, 0.4) is 0 Å². The molecule has 0 saturated heterocycles. The number of rotatable bonds is 1. The molecule has 2 heterocycles. The molecule has 0 radical (unpaired) electrons. The summed E-state index contributed by atoms with van der Waals surface area (Å²) in [6, 6.07) is 3.95. The third-order valence-electron chi connectivity index (χ3n) is 1.90. The number of fused-ring (bicyclic) bond motifs is 1. The minimum absolute atomic E-state index is 0.697. The molecule has 70 valence electrons. The summed E-state index contributed by atoms with van der Waals surface area (Å²) in [7, 11) is 1.88. The predicted molar refractivity (Wildman–Crippen MR) is 56.9 cm³/mol. The maximum atomic E-state index is 4.27. The predicted octanol–water partition coefficient (Wildman–Crippen LogP) is 1.13. The van der Waals surface area contributed by atoms with Crippen molar-refractivity contribution in [2.75, 3.05) is 13.6 Å². The van der Waals surface area contributed by atoms with E-state index in [0.717, 1.165) is 16.6 Å². The van der Waals surface area contributed by atoms with E-state index >= 15 is 0 Å². The van der Waals surface area contributed by atoms with Crippen LogP contribution >= 0.6 is 0 Å². The van der Waals surface area contributed by atoms with E-state index in [4.69, 9.17) is 0 Å². The van der Waals surface area contributed by atoms with Crippen LogP contribution in [-0.4, -0.2) is 23.6 Å². The zero-order valence-electron chi connectivity index (χ0n) is 7.96. The number of nitrogens with one attached hydrogen (secondary N) is 2. The summed E-state index contributed by atoms with van der Waals surface area (Å²) in [6.45, 7) is 0.697. The molecule has 0 bridgehead atoms. The lowest BCUT2D eigenvalue weighted by Gasteiger charge is -1.90. The van der Waals surface area contributed by atoms with Gasteiger partial charge in [-0.1, -0.05) is 11.8 Å². The topological polar surface area (TPSA) is 40.7 Å². The average Bonchev–Trinajstić information content (AvgIpc) is 2.65. The van der Waals surface area contributed by atoms with Gasteiger partial charge in [-0.3, -0.25) is 4.98 Å². The fourth-order valence-corrected chi connectivity index (χ4v) is 1.24. The van der Waals surface area contributed by atoms with Crippen LogP contribution in [0, 0.1) is 11.8 Å². The van der Waals surface area contributed by atoms with Crippen molar-refractivity contribution in [2.24, 2.45) is 0 Å². The Kier molecular flexibility index (Phi) is 2.48. The van der Waals surface area contributed by atoms with Crippen molar-refractivity contribution in [3.63, 3.8) is 0 Å². The highest BCUT2D eigenvalue weighted by Gasteiger charge is 1.94. The summed E-state index contributed by atoms with van der Waals surface area (Å²) < 4.78 is 0. The van der Waals surface area contributed by atoms with Gasteiger partial charge >= 0.3 is 0 Å². The summed E-state index contributed by atoms with van der Waals surface area (Å²) in [6.07, 6.45) is 3.67. The first-order valence-corrected chi connectivity index (χ1v) is 4.47. The molecule has 0 atom stereocenters. The number of aromatic nitrogens is 2. The van der Waals surface area contributed by atoms with E-state index in [1.165, 1.54) is 0 Å². The van der Waals surface area contributed by atoms with E-state index in [1.807, 2.05) is 25.4 Å². The van der Waals surface area contributed by atoms with Crippen molar-refractivity contribution in [1.29, 1.82) is 0 Å². The van der Waals surface area contributed by atoms with Crippen molar-refractivity contribution in [1.82, 2.24) is 15.3 Å². The first-order valence-electron chi connectivity index (χ1n) is 4.47. The molecule has 0 aliphatic heterocycles. The molecule has 0 saturated carbocycles. The van der Waals surface area contributed by atoms with Gasteiger partial charge in [0.2, 0.25) is 0 Å². The first-order chi connectivity index (χ1) is 6.90. The summed E-state index contributed by atoms with van der Waals surface area (Å²) in [5.41, 5.74) is 2.95. The lowest BCUT2D eigenvalue weighted by Crippen LogP contribution is -2.04. The van der Waals surface area contributed by atoms with E-state index in [1.54, 1.807) is 6.20 Å². The summed E-state index contributed by atoms with van der Waals surface area (Å²) in [5.74, 6) is 6.03. The summed E-state index contributed by atoms with van der Waals surface area (Å²) >= 11 is 0. The Morgan fingerprint density at radius 1 is 1.57 bits per heavy atom. The molecule has 0 aliphatic rings. The van der Waals surface area contributed by atoms with Crippen LogP contribution in [0.5, 0.6) is 0 Å². The molecular weight excluding hydrogens is 174 g/mol. The van der Waals surface area contributed by atoms with Crippen LogP contribution < -0.4 is 5.32 Å². The van der Waals surface area contributed by atoms with Gasteiger partial charge < -0.3 is 10.3 Å². The van der Waals surface area contributed by atoms with Crippen molar-refractivity contribution in [3.8, 4) is 11.8 Å². The maximum Gasteiger partial charge on any atom is 0.0879 e. The van der Waals surface area contributed by atoms with Crippen LogP contribution in [0.2, 0.25) is 0 Å². The molecule has 0 fully saturated rings. The molecule has 0 spiro atoms. The molecule has 3 nitrogen and oxygen atoms in total. The number of nitrogens with zero attached hydrogens (tertiary/aromatic N) is 1. The largest absolute Gasteiger partial charge is 0.360 e. The Labute approximate surface area is 82.6 Å². The molecule has 0 aromatic carbocycles. The van der Waals surface area contributed by atoms with E-state index in [-0.39, 0.29) is 0 Å². The first kappa shape index (κ1) is 8.79. The highest BCUT2D eigenvalue weighted by atomic mass is 14.8. The molecule has 0 aliphatic carbocycles. The van der Waals surface area contributed by atoms with Crippen LogP contribution in [0.15, 0.2) is 24.5 Å². The van der Waals surface area contributed by atoms with E-state index < -0.39 is 0 Å². The van der Waals surface area contributed by atoms with Crippen molar-refractivity contribution in [3.05, 3.63) is 30.1 Å². The van der Waals surface area contributed by atoms with Gasteiger partial charge in [-0.15, -0.1) is 0 Å². The molecule has 2 N–H and O–H groups in total. The standard InChI is InChI=1S/C11H11N3/c1-12-5-2-3-9-7-11-10(14-8-9)4-6-13-11/h4,6-8,12-13H,5H2,1H3. The molecule has 2 rings (SSSR count). The Balaban J connectivity index is 2.31. The number of aromatic amines is 1. The molecule has 2 aromatic rings. The highest BCUT2D eigenvalue weighted by molar-refractivity contribution is 5.75. The fraction of sp³-hybridized carbons (Fsp3) is 0.182. The smallest absolute Gasteiger partial charge is 0.0879 e. The second-order valence-electron chi connectivity index (χ2n) is 2.97. The number of hydrogen-bond donors (Lipinski definition) is 2. The molecule has 3 heteroatoms. The van der Waals surface area contributed by atoms with Gasteiger partial charge in [0.15, 0.2) is 0 Å². The van der Waals surface area contributed by atoms with E-state index in [9.17, 15) is 0 Å². The van der Waals surface area contributed by atoms with Crippen LogP contribution in [0.1, 0.15) is 5.56 Å². The van der Waals surface area contributed by atoms with Gasteiger partial charge in [-0.05, 0) is 19.2 Å². The van der Waals surface area contributed by atoms with Gasteiger partial charge in [0.25, 0.3) is 0 Å². The van der Waals surface area contributed by atoms with E-state index in [2.05, 4.69) is 27.1 Å². The Morgan fingerprint density at radius 3 is 3.36 bits per heavy atom. The second kappa shape index (κ2) is 3.95. The number of hydrogen-bond acceptors (Lipinski definition) is 2. The molecule has 0 unspecified atom stereocenters. The Hall–Kier alpha value is -1.79. The second-order valence-corrected chi connectivity index (χ2v) is 2.97. The number of pyridine rings is 1. The summed E-state index contributed by atoms with van der Waals surface area (Å²) in [5, 5.41) is 2.97. The van der Waals surface area contributed by atoms with Gasteiger partial charge in [-0.2, -0.15) is 0 Å². The SMILES string of the molecule is CNCC#Cc1cnc2cc[nH]c2c1. The molecule has 0 amide bonds. The number of H-pyrrole nitrogens is 1. The Bertz CT molecular complexity index is 488. The zero-order valence-corrected chi connectivity index (χ0v) is 7.96. The normalized spacial score (nSPS) is 9.79. The minimum Gasteiger partial charge on any atom is -0.360 e. The zero-order chi connectivity index (χ0) is 9.80. The van der Waals surface area contributed by atoms with Crippen LogP contribution in [0.4, 0.5) is 0 Å². The third kappa shape index (κ3) is 1.76. The van der Waals surface area contributed by atoms with Gasteiger partial charge in [0.1, 0.15) is 0 Å². The lowest BCUT2D eigenvalue weighted by atomic mass is 10.2. The quantitative estimate of drug-likeness (QED) is 0.654. The fourth-order valence-electron chi connectivity index (χ4n) is 1.24. The van der Waals surface area contributed by atoms with Crippen LogP contribution in [-0.2, 0) is 0 Å². The van der Waals surface area contributed by atoms with Crippen molar-refractivity contribution in [2.45, 2.75) is 0 Å². The van der Waals surface area contributed by atoms with Crippen molar-refractivity contribution >= 4 is 11.0 Å². The Morgan fingerprint density at radius 2 is 2.50 bits per heavy atom. The third-order valence-corrected chi connectivity index (χ3v) is 1.90. The maximum absolute atomic E-state index is 4.27. The average molecular weight is 185 g/mol. The van der Waals surface area contributed by atoms with Gasteiger partial charge in [0, 0.05) is 18.0 Å². The monoisotopic (exact) mass is 185 g/mol. The lowest BCUT2D eigenvalue weighted by molar-refractivity contribution is 0.938. The van der Waals surface area contributed by atoms with Crippen LogP contribution in [0.25, 0.3) is 11.0 Å². The minimum atomic E-state index is 0.697. The molecular formula is C11H11N3. The molecule has 14 heavy (non-hydrogen) atoms. The molecule has 2 aromatic heterocycles. The summed E-state index contributed by atoms with van der Waals surface area (Å²) in [4.78, 5) is 7.37. The van der Waals surface area contributed by atoms with Crippen molar-refractivity contribution < 1.29 is 0 Å². The highest BCUT2D eigenvalue weighted by Crippen LogP contribution is 2.09. The van der Waals surface area contributed by atoms with E-state index in [0.29, 0.717) is 6.54 Å².